The highest BCUT2D eigenvalue weighted by molar-refractivity contribution is 5.29. The molecular weight excluding hydrogens is 282 g/mol. The number of rotatable bonds is 5. The minimum absolute atomic E-state index is 0.683. The summed E-state index contributed by atoms with van der Waals surface area (Å²) >= 11 is 0. The van der Waals surface area contributed by atoms with E-state index in [2.05, 4.69) is 59.7 Å². The van der Waals surface area contributed by atoms with Gasteiger partial charge in [-0.1, -0.05) is 24.3 Å². The minimum Gasteiger partial charge on any atom is -0.301 e. The fourth-order valence-electron chi connectivity index (χ4n) is 4.03. The average Bonchev–Trinajstić information content (AvgIpc) is 2.56. The van der Waals surface area contributed by atoms with Gasteiger partial charge in [-0.05, 0) is 57.8 Å². The molecule has 3 rings (SSSR count). The predicted molar refractivity (Wildman–Crippen MR) is 97.8 cm³/mol. The van der Waals surface area contributed by atoms with Gasteiger partial charge in [-0.3, -0.25) is 9.80 Å². The molecule has 0 N–H and O–H groups in total. The van der Waals surface area contributed by atoms with Crippen molar-refractivity contribution in [2.45, 2.75) is 52.2 Å². The van der Waals surface area contributed by atoms with Crippen molar-refractivity contribution in [1.82, 2.24) is 14.7 Å². The van der Waals surface area contributed by atoms with Gasteiger partial charge in [0.05, 0.1) is 0 Å². The summed E-state index contributed by atoms with van der Waals surface area (Å²) in [6.45, 7) is 15.6. The number of benzene rings is 1. The van der Waals surface area contributed by atoms with Crippen LogP contribution in [0.5, 0.6) is 0 Å². The average molecular weight is 316 g/mol. The van der Waals surface area contributed by atoms with Gasteiger partial charge in [0.15, 0.2) is 0 Å². The molecule has 0 radical (unpaired) electrons. The smallest absolute Gasteiger partial charge is 0.0239 e. The van der Waals surface area contributed by atoms with E-state index < -0.39 is 0 Å². The van der Waals surface area contributed by atoms with Crippen LogP contribution < -0.4 is 0 Å². The van der Waals surface area contributed by atoms with Gasteiger partial charge < -0.3 is 4.90 Å². The van der Waals surface area contributed by atoms with Crippen LogP contribution in [-0.2, 0) is 13.0 Å². The lowest BCUT2D eigenvalue weighted by Crippen LogP contribution is -2.49. The first kappa shape index (κ1) is 16.9. The van der Waals surface area contributed by atoms with Crippen molar-refractivity contribution < 1.29 is 0 Å². The number of piperazine rings is 1. The molecule has 128 valence electrons. The molecule has 0 amide bonds. The van der Waals surface area contributed by atoms with E-state index in [-0.39, 0.29) is 0 Å². The maximum Gasteiger partial charge on any atom is 0.0239 e. The second-order valence-corrected chi connectivity index (χ2v) is 7.62. The first-order valence-corrected chi connectivity index (χ1v) is 9.40. The van der Waals surface area contributed by atoms with E-state index >= 15 is 0 Å². The fourth-order valence-corrected chi connectivity index (χ4v) is 4.03. The maximum absolute atomic E-state index is 2.67. The third-order valence-corrected chi connectivity index (χ3v) is 5.69. The third kappa shape index (κ3) is 4.34. The summed E-state index contributed by atoms with van der Waals surface area (Å²) in [6.07, 6.45) is 2.51. The van der Waals surface area contributed by atoms with E-state index in [9.17, 15) is 0 Å². The molecular formula is C20H33N3. The Labute approximate surface area is 142 Å². The first-order valence-electron chi connectivity index (χ1n) is 9.40. The SMILES string of the molecule is CC(C)N1CCN(CCCN2Cc3ccccc3C[C@@H]2C)CC1. The standard InChI is InChI=1S/C20H33N3/c1-17(2)22-13-11-21(12-14-22)9-6-10-23-16-20-8-5-4-7-19(20)15-18(23)3/h4-5,7-8,17-18H,6,9-16H2,1-3H3/t18-/m0/s1. The van der Waals surface area contributed by atoms with E-state index in [0.29, 0.717) is 12.1 Å². The lowest BCUT2D eigenvalue weighted by atomic mass is 9.95. The summed E-state index contributed by atoms with van der Waals surface area (Å²) in [5.74, 6) is 0. The third-order valence-electron chi connectivity index (χ3n) is 5.69. The molecule has 0 aliphatic carbocycles. The van der Waals surface area contributed by atoms with Gasteiger partial charge in [0.25, 0.3) is 0 Å². The lowest BCUT2D eigenvalue weighted by molar-refractivity contribution is 0.101. The van der Waals surface area contributed by atoms with Crippen LogP contribution in [0.15, 0.2) is 24.3 Å². The number of hydrogen-bond acceptors (Lipinski definition) is 3. The van der Waals surface area contributed by atoms with Gasteiger partial charge in [0, 0.05) is 44.8 Å². The molecule has 3 nitrogen and oxygen atoms in total. The maximum atomic E-state index is 2.67. The predicted octanol–water partition coefficient (Wildman–Crippen LogP) is 2.85. The lowest BCUT2D eigenvalue weighted by Gasteiger charge is -2.38. The Morgan fingerprint density at radius 3 is 2.39 bits per heavy atom. The van der Waals surface area contributed by atoms with Crippen LogP contribution in [-0.4, -0.2) is 66.1 Å². The van der Waals surface area contributed by atoms with E-state index in [4.69, 9.17) is 0 Å². The van der Waals surface area contributed by atoms with Crippen LogP contribution in [0.4, 0.5) is 0 Å². The topological polar surface area (TPSA) is 9.72 Å². The van der Waals surface area contributed by atoms with E-state index in [0.717, 1.165) is 6.54 Å². The van der Waals surface area contributed by atoms with Crippen molar-refractivity contribution in [2.24, 2.45) is 0 Å². The Morgan fingerprint density at radius 2 is 1.70 bits per heavy atom. The second kappa shape index (κ2) is 7.78. The highest BCUT2D eigenvalue weighted by atomic mass is 15.3. The minimum atomic E-state index is 0.683. The van der Waals surface area contributed by atoms with Gasteiger partial charge in [0.1, 0.15) is 0 Å². The van der Waals surface area contributed by atoms with Crippen LogP contribution >= 0.6 is 0 Å². The molecule has 0 unspecified atom stereocenters. The van der Waals surface area contributed by atoms with Gasteiger partial charge >= 0.3 is 0 Å². The molecule has 3 heteroatoms. The largest absolute Gasteiger partial charge is 0.301 e. The quantitative estimate of drug-likeness (QED) is 0.827. The highest BCUT2D eigenvalue weighted by Crippen LogP contribution is 2.23. The van der Waals surface area contributed by atoms with Crippen molar-refractivity contribution in [2.75, 3.05) is 39.3 Å². The summed E-state index contributed by atoms with van der Waals surface area (Å²) in [7, 11) is 0. The molecule has 1 aromatic rings. The molecule has 2 aliphatic rings. The zero-order valence-electron chi connectivity index (χ0n) is 15.2. The zero-order chi connectivity index (χ0) is 16.2. The van der Waals surface area contributed by atoms with Gasteiger partial charge in [-0.25, -0.2) is 0 Å². The van der Waals surface area contributed by atoms with Gasteiger partial charge in [0.2, 0.25) is 0 Å². The summed E-state index contributed by atoms with van der Waals surface area (Å²) < 4.78 is 0. The fraction of sp³-hybridized carbons (Fsp3) is 0.700. The number of hydrogen-bond donors (Lipinski definition) is 0. The van der Waals surface area contributed by atoms with Gasteiger partial charge in [-0.15, -0.1) is 0 Å². The highest BCUT2D eigenvalue weighted by Gasteiger charge is 2.23. The zero-order valence-corrected chi connectivity index (χ0v) is 15.2. The van der Waals surface area contributed by atoms with Crippen LogP contribution in [0, 0.1) is 0 Å². The van der Waals surface area contributed by atoms with E-state index in [1.54, 1.807) is 5.56 Å². The van der Waals surface area contributed by atoms with Crippen LogP contribution in [0.1, 0.15) is 38.3 Å². The van der Waals surface area contributed by atoms with Crippen LogP contribution in [0.2, 0.25) is 0 Å². The number of nitrogens with zero attached hydrogens (tertiary/aromatic N) is 3. The Hall–Kier alpha value is -0.900. The Balaban J connectivity index is 1.41. The summed E-state index contributed by atoms with van der Waals surface area (Å²) in [6, 6.07) is 10.4. The van der Waals surface area contributed by atoms with Crippen LogP contribution in [0.25, 0.3) is 0 Å². The Morgan fingerprint density at radius 1 is 1.00 bits per heavy atom. The van der Waals surface area contributed by atoms with Crippen molar-refractivity contribution in [3.8, 4) is 0 Å². The molecule has 1 saturated heterocycles. The van der Waals surface area contributed by atoms with Crippen molar-refractivity contribution >= 4 is 0 Å². The summed E-state index contributed by atoms with van der Waals surface area (Å²) in [5.41, 5.74) is 3.09. The summed E-state index contributed by atoms with van der Waals surface area (Å²) in [4.78, 5) is 7.92. The Kier molecular flexibility index (Phi) is 5.73. The molecule has 1 atom stereocenters. The molecule has 1 fully saturated rings. The van der Waals surface area contributed by atoms with Crippen LogP contribution in [0.3, 0.4) is 0 Å². The van der Waals surface area contributed by atoms with Crippen molar-refractivity contribution in [1.29, 1.82) is 0 Å². The van der Waals surface area contributed by atoms with E-state index in [1.165, 1.54) is 57.7 Å². The molecule has 2 heterocycles. The number of fused-ring (bicyclic) bond motifs is 1. The molecule has 0 aromatic heterocycles. The van der Waals surface area contributed by atoms with Crippen molar-refractivity contribution in [3.63, 3.8) is 0 Å². The Bertz CT molecular complexity index is 491. The molecule has 1 aromatic carbocycles. The first-order chi connectivity index (χ1) is 11.1. The van der Waals surface area contributed by atoms with E-state index in [1.807, 2.05) is 0 Å². The van der Waals surface area contributed by atoms with Crippen molar-refractivity contribution in [3.05, 3.63) is 35.4 Å². The molecule has 0 bridgehead atoms. The normalized spacial score (nSPS) is 24.1. The van der Waals surface area contributed by atoms with Gasteiger partial charge in [-0.2, -0.15) is 0 Å². The molecule has 0 spiro atoms. The molecule has 0 saturated carbocycles. The molecule has 2 aliphatic heterocycles. The second-order valence-electron chi connectivity index (χ2n) is 7.62. The monoisotopic (exact) mass is 315 g/mol. The molecule has 23 heavy (non-hydrogen) atoms. The summed E-state index contributed by atoms with van der Waals surface area (Å²) in [5, 5.41) is 0.